The monoisotopic (exact) mass is 211 g/mol. The zero-order chi connectivity index (χ0) is 11.2. The molecule has 16 heavy (non-hydrogen) atoms. The quantitative estimate of drug-likeness (QED) is 0.466. The summed E-state index contributed by atoms with van der Waals surface area (Å²) in [5.41, 5.74) is 11.3. The molecule has 0 aliphatic carbocycles. The number of nitrogens with one attached hydrogen (secondary N) is 1. The van der Waals surface area contributed by atoms with E-state index in [9.17, 15) is 0 Å². The van der Waals surface area contributed by atoms with Gasteiger partial charge in [0.25, 0.3) is 0 Å². The van der Waals surface area contributed by atoms with Crippen LogP contribution in [0.2, 0.25) is 0 Å². The maximum absolute atomic E-state index is 5.59. The van der Waals surface area contributed by atoms with E-state index in [0.29, 0.717) is 0 Å². The molecule has 80 valence electrons. The van der Waals surface area contributed by atoms with Crippen LogP contribution in [-0.2, 0) is 0 Å². The van der Waals surface area contributed by atoms with Crippen molar-refractivity contribution in [2.45, 2.75) is 0 Å². The normalized spacial score (nSPS) is 10.5. The molecule has 2 aromatic rings. The number of nitrogen functional groups attached to an aromatic ring is 1. The molecule has 0 heterocycles. The Hall–Kier alpha value is -2.29. The third kappa shape index (κ3) is 2.85. The summed E-state index contributed by atoms with van der Waals surface area (Å²) in [4.78, 5) is 0. The number of hydrogen-bond donors (Lipinski definition) is 2. The highest BCUT2D eigenvalue weighted by molar-refractivity contribution is 5.80. The molecule has 0 saturated heterocycles. The second kappa shape index (κ2) is 4.98. The summed E-state index contributed by atoms with van der Waals surface area (Å²) in [6.07, 6.45) is 1.76. The Labute approximate surface area is 94.6 Å². The van der Waals surface area contributed by atoms with Crippen LogP contribution < -0.4 is 11.2 Å². The van der Waals surface area contributed by atoms with E-state index in [4.69, 9.17) is 5.73 Å². The van der Waals surface area contributed by atoms with Crippen LogP contribution in [-0.4, -0.2) is 6.21 Å². The van der Waals surface area contributed by atoms with Crippen molar-refractivity contribution < 1.29 is 0 Å². The number of anilines is 2. The van der Waals surface area contributed by atoms with Crippen molar-refractivity contribution in [3.05, 3.63) is 60.2 Å². The number of nitrogens with zero attached hydrogens (tertiary/aromatic N) is 1. The highest BCUT2D eigenvalue weighted by Gasteiger charge is 1.88. The van der Waals surface area contributed by atoms with Crippen LogP contribution >= 0.6 is 0 Å². The van der Waals surface area contributed by atoms with Gasteiger partial charge in [-0.3, -0.25) is 5.43 Å². The molecule has 0 aliphatic rings. The minimum absolute atomic E-state index is 0.758. The third-order valence-electron chi connectivity index (χ3n) is 2.12. The fourth-order valence-electron chi connectivity index (χ4n) is 1.28. The van der Waals surface area contributed by atoms with Crippen molar-refractivity contribution in [1.82, 2.24) is 0 Å². The van der Waals surface area contributed by atoms with Crippen molar-refractivity contribution in [3.8, 4) is 0 Å². The van der Waals surface area contributed by atoms with Gasteiger partial charge in [-0.1, -0.05) is 30.3 Å². The molecular formula is C13H13N3. The number of benzene rings is 2. The van der Waals surface area contributed by atoms with Crippen molar-refractivity contribution in [1.29, 1.82) is 0 Å². The van der Waals surface area contributed by atoms with Gasteiger partial charge in [-0.15, -0.1) is 0 Å². The van der Waals surface area contributed by atoms with Gasteiger partial charge >= 0.3 is 0 Å². The van der Waals surface area contributed by atoms with E-state index in [1.165, 1.54) is 0 Å². The molecule has 3 heteroatoms. The Morgan fingerprint density at radius 3 is 2.31 bits per heavy atom. The van der Waals surface area contributed by atoms with Crippen LogP contribution in [0.5, 0.6) is 0 Å². The largest absolute Gasteiger partial charge is 0.399 e. The number of para-hydroxylation sites is 1. The first-order valence-electron chi connectivity index (χ1n) is 5.04. The summed E-state index contributed by atoms with van der Waals surface area (Å²) in [7, 11) is 0. The lowest BCUT2D eigenvalue weighted by atomic mass is 10.2. The Kier molecular flexibility index (Phi) is 3.18. The van der Waals surface area contributed by atoms with Gasteiger partial charge in [0.2, 0.25) is 0 Å². The Balaban J connectivity index is 1.98. The lowest BCUT2D eigenvalue weighted by molar-refractivity contribution is 1.35. The van der Waals surface area contributed by atoms with E-state index in [1.54, 1.807) is 6.21 Å². The number of rotatable bonds is 3. The van der Waals surface area contributed by atoms with Crippen molar-refractivity contribution in [2.75, 3.05) is 11.2 Å². The molecule has 0 amide bonds. The topological polar surface area (TPSA) is 50.4 Å². The van der Waals surface area contributed by atoms with Gasteiger partial charge in [0.15, 0.2) is 0 Å². The summed E-state index contributed by atoms with van der Waals surface area (Å²) >= 11 is 0. The second-order valence-electron chi connectivity index (χ2n) is 3.40. The van der Waals surface area contributed by atoms with E-state index in [0.717, 1.165) is 16.9 Å². The van der Waals surface area contributed by atoms with Gasteiger partial charge < -0.3 is 5.73 Å². The molecule has 0 atom stereocenters. The molecule has 0 spiro atoms. The summed E-state index contributed by atoms with van der Waals surface area (Å²) < 4.78 is 0. The highest BCUT2D eigenvalue weighted by Crippen LogP contribution is 2.05. The second-order valence-corrected chi connectivity index (χ2v) is 3.40. The van der Waals surface area contributed by atoms with E-state index >= 15 is 0 Å². The average Bonchev–Trinajstić information content (AvgIpc) is 2.33. The Morgan fingerprint density at radius 2 is 1.62 bits per heavy atom. The fourth-order valence-corrected chi connectivity index (χ4v) is 1.28. The van der Waals surface area contributed by atoms with Gasteiger partial charge in [0.05, 0.1) is 11.9 Å². The molecule has 0 fully saturated rings. The van der Waals surface area contributed by atoms with Gasteiger partial charge in [0, 0.05) is 5.69 Å². The van der Waals surface area contributed by atoms with Crippen molar-refractivity contribution >= 4 is 17.6 Å². The van der Waals surface area contributed by atoms with Crippen LogP contribution in [0.3, 0.4) is 0 Å². The zero-order valence-electron chi connectivity index (χ0n) is 8.80. The lowest BCUT2D eigenvalue weighted by Crippen LogP contribution is -1.90. The molecule has 0 unspecified atom stereocenters. The van der Waals surface area contributed by atoms with Crippen LogP contribution in [0.15, 0.2) is 59.7 Å². The maximum Gasteiger partial charge on any atom is 0.0561 e. The smallest absolute Gasteiger partial charge is 0.0561 e. The fraction of sp³-hybridized carbons (Fsp3) is 0. The maximum atomic E-state index is 5.59. The standard InChI is InChI=1S/C13H13N3/c14-12-8-6-11(7-9-12)10-15-16-13-4-2-1-3-5-13/h1-10,16H,14H2. The molecule has 3 N–H and O–H groups in total. The number of hydrazone groups is 1. The molecule has 0 saturated carbocycles. The Bertz CT molecular complexity index is 460. The number of hydrogen-bond acceptors (Lipinski definition) is 3. The first-order chi connectivity index (χ1) is 7.84. The van der Waals surface area contributed by atoms with E-state index < -0.39 is 0 Å². The summed E-state index contributed by atoms with van der Waals surface area (Å²) in [5.74, 6) is 0. The predicted molar refractivity (Wildman–Crippen MR) is 68.5 cm³/mol. The molecule has 0 aromatic heterocycles. The third-order valence-corrected chi connectivity index (χ3v) is 2.12. The van der Waals surface area contributed by atoms with Crippen molar-refractivity contribution in [2.24, 2.45) is 5.10 Å². The van der Waals surface area contributed by atoms with Crippen LogP contribution in [0.4, 0.5) is 11.4 Å². The van der Waals surface area contributed by atoms with Gasteiger partial charge in [-0.2, -0.15) is 5.10 Å². The average molecular weight is 211 g/mol. The minimum atomic E-state index is 0.758. The lowest BCUT2D eigenvalue weighted by Gasteiger charge is -1.98. The van der Waals surface area contributed by atoms with Crippen LogP contribution in [0, 0.1) is 0 Å². The summed E-state index contributed by atoms with van der Waals surface area (Å²) in [5, 5.41) is 4.13. The first-order valence-corrected chi connectivity index (χ1v) is 5.04. The highest BCUT2D eigenvalue weighted by atomic mass is 15.3. The molecule has 0 aliphatic heterocycles. The predicted octanol–water partition coefficient (Wildman–Crippen LogP) is 2.71. The summed E-state index contributed by atoms with van der Waals surface area (Å²) in [6, 6.07) is 17.3. The van der Waals surface area contributed by atoms with E-state index in [2.05, 4.69) is 10.5 Å². The van der Waals surface area contributed by atoms with E-state index in [-0.39, 0.29) is 0 Å². The molecule has 0 bridgehead atoms. The van der Waals surface area contributed by atoms with E-state index in [1.807, 2.05) is 54.6 Å². The number of nitrogens with two attached hydrogens (primary N) is 1. The van der Waals surface area contributed by atoms with Crippen LogP contribution in [0.25, 0.3) is 0 Å². The minimum Gasteiger partial charge on any atom is -0.399 e. The van der Waals surface area contributed by atoms with Gasteiger partial charge in [-0.05, 0) is 29.8 Å². The van der Waals surface area contributed by atoms with Crippen molar-refractivity contribution in [3.63, 3.8) is 0 Å². The molecular weight excluding hydrogens is 198 g/mol. The summed E-state index contributed by atoms with van der Waals surface area (Å²) in [6.45, 7) is 0. The Morgan fingerprint density at radius 1 is 0.938 bits per heavy atom. The molecule has 3 nitrogen and oxygen atoms in total. The first kappa shape index (κ1) is 10.2. The SMILES string of the molecule is Nc1ccc(C=NNc2ccccc2)cc1. The molecule has 2 aromatic carbocycles. The molecule has 0 radical (unpaired) electrons. The zero-order valence-corrected chi connectivity index (χ0v) is 8.80. The van der Waals surface area contributed by atoms with Gasteiger partial charge in [-0.25, -0.2) is 0 Å². The molecule has 2 rings (SSSR count). The van der Waals surface area contributed by atoms with Gasteiger partial charge in [0.1, 0.15) is 0 Å². The van der Waals surface area contributed by atoms with Crippen LogP contribution in [0.1, 0.15) is 5.56 Å².